The van der Waals surface area contributed by atoms with Crippen molar-refractivity contribution < 1.29 is 8.42 Å². The minimum absolute atomic E-state index is 0.150. The van der Waals surface area contributed by atoms with Crippen LogP contribution >= 0.6 is 23.2 Å². The van der Waals surface area contributed by atoms with Crippen LogP contribution in [0.4, 0.5) is 0 Å². The van der Waals surface area contributed by atoms with Crippen molar-refractivity contribution in [1.29, 1.82) is 0 Å². The summed E-state index contributed by atoms with van der Waals surface area (Å²) in [4.78, 5) is 0.279. The van der Waals surface area contributed by atoms with Crippen LogP contribution in [-0.4, -0.2) is 19.3 Å². The van der Waals surface area contributed by atoms with Gasteiger partial charge < -0.3 is 0 Å². The number of halogens is 2. The Morgan fingerprint density at radius 3 is 2.25 bits per heavy atom. The van der Waals surface area contributed by atoms with E-state index < -0.39 is 10.0 Å². The van der Waals surface area contributed by atoms with Crippen molar-refractivity contribution in [2.75, 3.05) is 6.54 Å². The monoisotopic (exact) mass is 381 g/mol. The summed E-state index contributed by atoms with van der Waals surface area (Å²) in [6, 6.07) is 16.1. The molecule has 3 nitrogen and oxygen atoms in total. The highest BCUT2D eigenvalue weighted by atomic mass is 35.5. The van der Waals surface area contributed by atoms with E-state index in [0.29, 0.717) is 6.42 Å². The zero-order chi connectivity index (χ0) is 17.3. The smallest absolute Gasteiger partial charge is 0.207 e. The Morgan fingerprint density at radius 1 is 1.04 bits per heavy atom. The summed E-state index contributed by atoms with van der Waals surface area (Å²) >= 11 is 11.9. The lowest BCUT2D eigenvalue weighted by atomic mass is 10.0. The van der Waals surface area contributed by atoms with Gasteiger partial charge in [0.15, 0.2) is 0 Å². The second kappa shape index (κ2) is 6.89. The molecule has 0 radical (unpaired) electrons. The molecular weight excluding hydrogens is 365 g/mol. The molecule has 2 aromatic carbocycles. The van der Waals surface area contributed by atoms with E-state index in [2.05, 4.69) is 0 Å². The second-order valence-corrected chi connectivity index (χ2v) is 8.70. The third-order valence-corrected chi connectivity index (χ3v) is 6.62. The molecule has 0 N–H and O–H groups in total. The molecule has 0 aliphatic carbocycles. The largest absolute Gasteiger partial charge is 0.243 e. The molecule has 1 unspecified atom stereocenters. The molecule has 126 valence electrons. The average molecular weight is 382 g/mol. The van der Waals surface area contributed by atoms with Crippen molar-refractivity contribution >= 4 is 33.2 Å². The molecule has 1 atom stereocenters. The summed E-state index contributed by atoms with van der Waals surface area (Å²) in [5.41, 5.74) is 2.68. The lowest BCUT2D eigenvalue weighted by Gasteiger charge is -2.24. The quantitative estimate of drug-likeness (QED) is 0.763. The van der Waals surface area contributed by atoms with Crippen LogP contribution in [0, 0.1) is 6.92 Å². The first-order valence-corrected chi connectivity index (χ1v) is 9.75. The highest BCUT2D eigenvalue weighted by molar-refractivity contribution is 7.89. The molecule has 3 rings (SSSR count). The summed E-state index contributed by atoms with van der Waals surface area (Å²) < 4.78 is 27.9. The zero-order valence-corrected chi connectivity index (χ0v) is 15.4. The lowest BCUT2D eigenvalue weighted by molar-refractivity contribution is 0.397. The first-order chi connectivity index (χ1) is 11.4. The van der Waals surface area contributed by atoms with Crippen molar-refractivity contribution in [3.05, 3.63) is 75.8 Å². The van der Waals surface area contributed by atoms with Gasteiger partial charge in [0, 0.05) is 6.54 Å². The van der Waals surface area contributed by atoms with Gasteiger partial charge in [-0.25, -0.2) is 8.42 Å². The van der Waals surface area contributed by atoms with E-state index in [0.717, 1.165) is 16.7 Å². The lowest BCUT2D eigenvalue weighted by Crippen LogP contribution is -2.30. The van der Waals surface area contributed by atoms with Gasteiger partial charge in [-0.05, 0) is 36.6 Å². The summed E-state index contributed by atoms with van der Waals surface area (Å²) in [5, 5.41) is 0. The Balaban J connectivity index is 2.05. The van der Waals surface area contributed by atoms with E-state index in [1.54, 1.807) is 24.3 Å². The van der Waals surface area contributed by atoms with E-state index in [4.69, 9.17) is 23.2 Å². The number of hydrogen-bond donors (Lipinski definition) is 0. The predicted octanol–water partition coefficient (Wildman–Crippen LogP) is 4.82. The maximum Gasteiger partial charge on any atom is 0.243 e. The standard InChI is InChI=1S/C18H17Cl2NO2S/c1-13-7-9-16(10-8-13)24(22,23)21-12-15(18(19)20)11-17(21)14-5-3-2-4-6-14/h2-10,17H,11-12H2,1H3. The molecule has 6 heteroatoms. The number of benzene rings is 2. The average Bonchev–Trinajstić information content (AvgIpc) is 3.02. The van der Waals surface area contributed by atoms with Crippen LogP contribution in [-0.2, 0) is 10.0 Å². The molecule has 1 heterocycles. The fourth-order valence-electron chi connectivity index (χ4n) is 2.89. The highest BCUT2D eigenvalue weighted by Gasteiger charge is 2.39. The molecule has 1 saturated heterocycles. The topological polar surface area (TPSA) is 37.4 Å². The number of aryl methyl sites for hydroxylation is 1. The molecule has 2 aromatic rings. The summed E-state index contributed by atoms with van der Waals surface area (Å²) in [6.45, 7) is 2.13. The fraction of sp³-hybridized carbons (Fsp3) is 0.222. The third kappa shape index (κ3) is 3.38. The van der Waals surface area contributed by atoms with Gasteiger partial charge in [0.2, 0.25) is 10.0 Å². The summed E-state index contributed by atoms with van der Waals surface area (Å²) in [5.74, 6) is 0. The first kappa shape index (κ1) is 17.5. The van der Waals surface area contributed by atoms with Gasteiger partial charge in [-0.3, -0.25) is 0 Å². The number of nitrogens with zero attached hydrogens (tertiary/aromatic N) is 1. The number of sulfonamides is 1. The number of rotatable bonds is 3. The minimum atomic E-state index is -3.64. The van der Waals surface area contributed by atoms with Crippen LogP contribution in [0.5, 0.6) is 0 Å². The Morgan fingerprint density at radius 2 is 1.67 bits per heavy atom. The van der Waals surface area contributed by atoms with E-state index in [9.17, 15) is 8.42 Å². The Hall–Kier alpha value is -1.33. The van der Waals surface area contributed by atoms with Crippen molar-refractivity contribution in [2.24, 2.45) is 0 Å². The van der Waals surface area contributed by atoms with Crippen LogP contribution in [0.15, 0.2) is 69.6 Å². The zero-order valence-electron chi connectivity index (χ0n) is 13.1. The van der Waals surface area contributed by atoms with Gasteiger partial charge in [0.05, 0.1) is 10.9 Å². The van der Waals surface area contributed by atoms with Crippen LogP contribution in [0.25, 0.3) is 0 Å². The van der Waals surface area contributed by atoms with Crippen molar-refractivity contribution in [3.63, 3.8) is 0 Å². The number of hydrogen-bond acceptors (Lipinski definition) is 2. The minimum Gasteiger partial charge on any atom is -0.207 e. The fourth-order valence-corrected chi connectivity index (χ4v) is 4.77. The Labute approximate surface area is 152 Å². The maximum atomic E-state index is 13.1. The van der Waals surface area contributed by atoms with Gasteiger partial charge in [-0.1, -0.05) is 71.2 Å². The summed E-state index contributed by atoms with van der Waals surface area (Å²) in [6.07, 6.45) is 0.497. The molecule has 1 aliphatic rings. The van der Waals surface area contributed by atoms with Gasteiger partial charge >= 0.3 is 0 Å². The third-order valence-electron chi connectivity index (χ3n) is 4.21. The molecule has 0 aromatic heterocycles. The van der Waals surface area contributed by atoms with Gasteiger partial charge in [0.1, 0.15) is 4.49 Å². The van der Waals surface area contributed by atoms with E-state index in [-0.39, 0.29) is 22.0 Å². The normalized spacial score (nSPS) is 18.8. The first-order valence-electron chi connectivity index (χ1n) is 7.56. The van der Waals surface area contributed by atoms with Gasteiger partial charge in [0.25, 0.3) is 0 Å². The molecule has 0 bridgehead atoms. The molecule has 24 heavy (non-hydrogen) atoms. The van der Waals surface area contributed by atoms with E-state index in [1.807, 2.05) is 37.3 Å². The van der Waals surface area contributed by atoms with E-state index in [1.165, 1.54) is 4.31 Å². The molecule has 1 fully saturated rings. The second-order valence-electron chi connectivity index (χ2n) is 5.86. The summed E-state index contributed by atoms with van der Waals surface area (Å²) in [7, 11) is -3.64. The van der Waals surface area contributed by atoms with Crippen LogP contribution in [0.2, 0.25) is 0 Å². The molecule has 0 spiro atoms. The van der Waals surface area contributed by atoms with Crippen molar-refractivity contribution in [2.45, 2.75) is 24.3 Å². The highest BCUT2D eigenvalue weighted by Crippen LogP contribution is 2.41. The molecule has 1 aliphatic heterocycles. The predicted molar refractivity (Wildman–Crippen MR) is 97.6 cm³/mol. The van der Waals surface area contributed by atoms with Crippen LogP contribution < -0.4 is 0 Å². The van der Waals surface area contributed by atoms with Crippen LogP contribution in [0.1, 0.15) is 23.6 Å². The van der Waals surface area contributed by atoms with E-state index >= 15 is 0 Å². The Bertz CT molecular complexity index is 858. The van der Waals surface area contributed by atoms with Gasteiger partial charge in [-0.2, -0.15) is 4.31 Å². The van der Waals surface area contributed by atoms with Gasteiger partial charge in [-0.15, -0.1) is 0 Å². The molecular formula is C18H17Cl2NO2S. The SMILES string of the molecule is Cc1ccc(S(=O)(=O)N2CC(=C(Cl)Cl)CC2c2ccccc2)cc1. The molecule has 0 amide bonds. The van der Waals surface area contributed by atoms with Crippen molar-refractivity contribution in [1.82, 2.24) is 4.31 Å². The molecule has 0 saturated carbocycles. The Kier molecular flexibility index (Phi) is 5.02. The maximum absolute atomic E-state index is 13.1. The van der Waals surface area contributed by atoms with Crippen molar-refractivity contribution in [3.8, 4) is 0 Å². The van der Waals surface area contributed by atoms with Crippen LogP contribution in [0.3, 0.4) is 0 Å².